The van der Waals surface area contributed by atoms with Crippen LogP contribution >= 0.6 is 0 Å². The molecule has 5 heteroatoms. The third kappa shape index (κ3) is 2.00. The molecule has 0 aromatic carbocycles. The lowest BCUT2D eigenvalue weighted by Gasteiger charge is -2.50. The zero-order valence-electron chi connectivity index (χ0n) is 11.1. The Kier molecular flexibility index (Phi) is 2.81. The Morgan fingerprint density at radius 3 is 2.56 bits per heavy atom. The van der Waals surface area contributed by atoms with Crippen LogP contribution in [0.3, 0.4) is 0 Å². The number of hydrogen-bond acceptors (Lipinski definition) is 4. The summed E-state index contributed by atoms with van der Waals surface area (Å²) in [5, 5.41) is 0. The molecule has 3 rings (SSSR count). The Hall–Kier alpha value is -0.130. The van der Waals surface area contributed by atoms with Crippen LogP contribution in [0.15, 0.2) is 0 Å². The van der Waals surface area contributed by atoms with Crippen LogP contribution in [0.1, 0.15) is 45.4 Å². The van der Waals surface area contributed by atoms with Gasteiger partial charge in [-0.2, -0.15) is 8.42 Å². The van der Waals surface area contributed by atoms with E-state index in [1.165, 1.54) is 19.3 Å². The predicted octanol–water partition coefficient (Wildman–Crippen LogP) is 2.09. The fraction of sp³-hybridized carbons (Fsp3) is 1.00. The van der Waals surface area contributed by atoms with E-state index in [-0.39, 0.29) is 11.7 Å². The highest BCUT2D eigenvalue weighted by atomic mass is 32.2. The van der Waals surface area contributed by atoms with Crippen molar-refractivity contribution in [3.05, 3.63) is 0 Å². The zero-order valence-corrected chi connectivity index (χ0v) is 12.0. The fourth-order valence-corrected chi connectivity index (χ4v) is 4.95. The summed E-state index contributed by atoms with van der Waals surface area (Å²) in [5.41, 5.74) is 0.0304. The number of fused-ring (bicyclic) bond motifs is 2. The first-order chi connectivity index (χ1) is 8.36. The topological polar surface area (TPSA) is 55.9 Å². The van der Waals surface area contributed by atoms with Crippen LogP contribution in [0.25, 0.3) is 0 Å². The summed E-state index contributed by atoms with van der Waals surface area (Å²) in [6.45, 7) is 3.02. The summed E-state index contributed by atoms with van der Waals surface area (Å²) in [6.07, 6.45) is 7.66. The van der Waals surface area contributed by atoms with E-state index in [1.54, 1.807) is 0 Å². The van der Waals surface area contributed by atoms with Crippen molar-refractivity contribution in [3.8, 4) is 0 Å². The molecule has 0 amide bonds. The normalized spacial score (nSPS) is 47.9. The van der Waals surface area contributed by atoms with Gasteiger partial charge in [-0.15, -0.1) is 0 Å². The minimum Gasteiger partial charge on any atom is -0.366 e. The highest BCUT2D eigenvalue weighted by Crippen LogP contribution is 2.60. The van der Waals surface area contributed by atoms with E-state index in [0.717, 1.165) is 25.5 Å². The van der Waals surface area contributed by atoms with Gasteiger partial charge in [0.05, 0.1) is 12.9 Å². The van der Waals surface area contributed by atoms with Crippen LogP contribution < -0.4 is 0 Å². The minimum absolute atomic E-state index is 0.260. The standard InChI is InChI=1S/C13H22O4S/c1-12-7-4-3-5-10(12)13(9-16-13)11(6-8-12)17-18(2,14)15/h10-11H,3-9H2,1-2H3/t10-,11-,12+,13-/m0/s1. The molecular formula is C13H22O4S. The van der Waals surface area contributed by atoms with E-state index in [0.29, 0.717) is 17.9 Å². The monoisotopic (exact) mass is 274 g/mol. The van der Waals surface area contributed by atoms with E-state index >= 15 is 0 Å². The van der Waals surface area contributed by atoms with Crippen LogP contribution in [-0.2, 0) is 19.0 Å². The first-order valence-electron chi connectivity index (χ1n) is 6.88. The quantitative estimate of drug-likeness (QED) is 0.571. The molecule has 104 valence electrons. The molecule has 4 atom stereocenters. The molecule has 0 N–H and O–H groups in total. The summed E-state index contributed by atoms with van der Waals surface area (Å²) >= 11 is 0. The molecule has 0 aromatic rings. The predicted molar refractivity (Wildman–Crippen MR) is 67.7 cm³/mol. The lowest BCUT2D eigenvalue weighted by atomic mass is 9.56. The molecule has 0 bridgehead atoms. The smallest absolute Gasteiger partial charge is 0.264 e. The molecular weight excluding hydrogens is 252 g/mol. The molecule has 18 heavy (non-hydrogen) atoms. The molecule has 1 saturated heterocycles. The third-order valence-electron chi connectivity index (χ3n) is 5.21. The van der Waals surface area contributed by atoms with Gasteiger partial charge in [-0.3, -0.25) is 4.18 Å². The summed E-state index contributed by atoms with van der Waals surface area (Å²) in [5.74, 6) is 0.472. The van der Waals surface area contributed by atoms with Gasteiger partial charge in [0.15, 0.2) is 0 Å². The molecule has 0 radical (unpaired) electrons. The maximum Gasteiger partial charge on any atom is 0.264 e. The van der Waals surface area contributed by atoms with Crippen molar-refractivity contribution in [1.82, 2.24) is 0 Å². The van der Waals surface area contributed by atoms with Gasteiger partial charge in [0.2, 0.25) is 0 Å². The Bertz CT molecular complexity index is 440. The third-order valence-corrected chi connectivity index (χ3v) is 5.79. The average molecular weight is 274 g/mol. The Morgan fingerprint density at radius 1 is 1.22 bits per heavy atom. The van der Waals surface area contributed by atoms with E-state index in [1.807, 2.05) is 0 Å². The van der Waals surface area contributed by atoms with E-state index in [4.69, 9.17) is 8.92 Å². The molecule has 2 aliphatic carbocycles. The van der Waals surface area contributed by atoms with Gasteiger partial charge in [0.1, 0.15) is 11.7 Å². The minimum atomic E-state index is -3.39. The number of epoxide rings is 1. The first-order valence-corrected chi connectivity index (χ1v) is 8.70. The first kappa shape index (κ1) is 12.9. The van der Waals surface area contributed by atoms with Crippen molar-refractivity contribution < 1.29 is 17.3 Å². The molecule has 3 aliphatic rings. The second-order valence-corrected chi connectivity index (χ2v) is 8.12. The summed E-state index contributed by atoms with van der Waals surface area (Å²) in [4.78, 5) is 0. The molecule has 0 unspecified atom stereocenters. The molecule has 3 fully saturated rings. The lowest BCUT2D eigenvalue weighted by Crippen LogP contribution is -2.53. The Balaban J connectivity index is 1.85. The summed E-state index contributed by atoms with van der Waals surface area (Å²) in [6, 6.07) is 0. The molecule has 4 nitrogen and oxygen atoms in total. The van der Waals surface area contributed by atoms with Gasteiger partial charge in [0, 0.05) is 0 Å². The van der Waals surface area contributed by atoms with Crippen LogP contribution in [0.4, 0.5) is 0 Å². The average Bonchev–Trinajstić information content (AvgIpc) is 3.03. The summed E-state index contributed by atoms with van der Waals surface area (Å²) in [7, 11) is -3.39. The zero-order chi connectivity index (χ0) is 13.0. The van der Waals surface area contributed by atoms with Gasteiger partial charge in [-0.05, 0) is 37.0 Å². The second-order valence-electron chi connectivity index (χ2n) is 6.52. The highest BCUT2D eigenvalue weighted by Gasteiger charge is 2.65. The molecule has 0 aromatic heterocycles. The van der Waals surface area contributed by atoms with Gasteiger partial charge in [-0.25, -0.2) is 0 Å². The van der Waals surface area contributed by atoms with Crippen molar-refractivity contribution in [3.63, 3.8) is 0 Å². The van der Waals surface area contributed by atoms with Crippen molar-refractivity contribution in [1.29, 1.82) is 0 Å². The van der Waals surface area contributed by atoms with Gasteiger partial charge < -0.3 is 4.74 Å². The van der Waals surface area contributed by atoms with Crippen LogP contribution in [0, 0.1) is 11.3 Å². The number of rotatable bonds is 2. The summed E-state index contributed by atoms with van der Waals surface area (Å²) < 4.78 is 33.8. The van der Waals surface area contributed by atoms with Crippen LogP contribution in [0.5, 0.6) is 0 Å². The van der Waals surface area contributed by atoms with Crippen molar-refractivity contribution in [2.24, 2.45) is 11.3 Å². The van der Waals surface area contributed by atoms with Gasteiger partial charge >= 0.3 is 0 Å². The maximum atomic E-state index is 11.4. The van der Waals surface area contributed by atoms with Crippen LogP contribution in [-0.4, -0.2) is 33.0 Å². The van der Waals surface area contributed by atoms with E-state index < -0.39 is 10.1 Å². The van der Waals surface area contributed by atoms with Crippen LogP contribution in [0.2, 0.25) is 0 Å². The second kappa shape index (κ2) is 3.93. The van der Waals surface area contributed by atoms with E-state index in [2.05, 4.69) is 6.92 Å². The van der Waals surface area contributed by atoms with Crippen molar-refractivity contribution in [2.45, 2.75) is 57.2 Å². The van der Waals surface area contributed by atoms with Crippen molar-refractivity contribution in [2.75, 3.05) is 12.9 Å². The van der Waals surface area contributed by atoms with Crippen molar-refractivity contribution >= 4 is 10.1 Å². The fourth-order valence-electron chi connectivity index (χ4n) is 4.27. The number of hydrogen-bond donors (Lipinski definition) is 0. The maximum absolute atomic E-state index is 11.4. The molecule has 1 aliphatic heterocycles. The molecule has 2 saturated carbocycles. The highest BCUT2D eigenvalue weighted by molar-refractivity contribution is 7.86. The van der Waals surface area contributed by atoms with Gasteiger partial charge in [-0.1, -0.05) is 19.8 Å². The SMILES string of the molecule is C[C@]12CCCC[C@@H]1[C@@]1(CO1)[C@@H](OS(C)(=O)=O)CC2. The number of ether oxygens (including phenoxy) is 1. The lowest BCUT2D eigenvalue weighted by molar-refractivity contribution is -0.0676. The van der Waals surface area contributed by atoms with E-state index in [9.17, 15) is 8.42 Å². The molecule has 1 heterocycles. The largest absolute Gasteiger partial charge is 0.366 e. The van der Waals surface area contributed by atoms with Gasteiger partial charge in [0.25, 0.3) is 10.1 Å². The Labute approximate surface area is 109 Å². The Morgan fingerprint density at radius 2 is 1.94 bits per heavy atom. The molecule has 1 spiro atoms.